The number of urea groups is 1. The highest BCUT2D eigenvalue weighted by molar-refractivity contribution is 6.20. The SMILES string of the molecule is CC(C)CCCN1C(=O)NC(=O)[C@@]2(Cc3ccccc3N3CC[NH+](C)C[C@@H]32)C1=O. The molecule has 2 fully saturated rings. The second-order valence-corrected chi connectivity index (χ2v) is 9.15. The molecule has 7 nitrogen and oxygen atoms in total. The number of piperazine rings is 1. The Morgan fingerprint density at radius 1 is 1.24 bits per heavy atom. The van der Waals surface area contributed by atoms with E-state index in [1.807, 2.05) is 18.2 Å². The zero-order valence-corrected chi connectivity index (χ0v) is 17.5. The Labute approximate surface area is 172 Å². The van der Waals surface area contributed by atoms with Gasteiger partial charge in [0.15, 0.2) is 5.41 Å². The second-order valence-electron chi connectivity index (χ2n) is 9.15. The lowest BCUT2D eigenvalue weighted by Crippen LogP contribution is -3.14. The molecule has 3 atom stereocenters. The minimum atomic E-state index is -1.25. The first-order valence-electron chi connectivity index (χ1n) is 10.7. The first-order chi connectivity index (χ1) is 13.8. The van der Waals surface area contributed by atoms with E-state index in [1.165, 1.54) is 9.80 Å². The Balaban J connectivity index is 1.74. The van der Waals surface area contributed by atoms with Gasteiger partial charge >= 0.3 is 6.03 Å². The number of barbiturate groups is 1. The van der Waals surface area contributed by atoms with Gasteiger partial charge in [-0.15, -0.1) is 0 Å². The van der Waals surface area contributed by atoms with Crippen LogP contribution in [0.5, 0.6) is 0 Å². The zero-order valence-electron chi connectivity index (χ0n) is 17.5. The molecule has 1 aromatic rings. The number of benzene rings is 1. The maximum absolute atomic E-state index is 13.8. The van der Waals surface area contributed by atoms with Crippen molar-refractivity contribution in [3.63, 3.8) is 0 Å². The van der Waals surface area contributed by atoms with Gasteiger partial charge in [-0.05, 0) is 30.4 Å². The minimum Gasteiger partial charge on any atom is -0.355 e. The molecular formula is C22H31N4O3+. The number of amides is 4. The smallest absolute Gasteiger partial charge is 0.330 e. The molecule has 0 radical (unpaired) electrons. The third kappa shape index (κ3) is 3.21. The minimum absolute atomic E-state index is 0.251. The molecule has 4 amide bonds. The molecular weight excluding hydrogens is 368 g/mol. The first kappa shape index (κ1) is 19.9. The number of quaternary nitrogens is 1. The van der Waals surface area contributed by atoms with E-state index in [2.05, 4.69) is 37.2 Å². The Bertz CT molecular complexity index is 839. The molecule has 4 rings (SSSR count). The Hall–Kier alpha value is -2.41. The summed E-state index contributed by atoms with van der Waals surface area (Å²) >= 11 is 0. The number of nitrogens with zero attached hydrogens (tertiary/aromatic N) is 2. The molecule has 3 aliphatic rings. The molecule has 2 N–H and O–H groups in total. The highest BCUT2D eigenvalue weighted by Gasteiger charge is 2.63. The van der Waals surface area contributed by atoms with Crippen LogP contribution in [0, 0.1) is 11.3 Å². The van der Waals surface area contributed by atoms with Gasteiger partial charge in [0.25, 0.3) is 0 Å². The molecule has 0 aromatic heterocycles. The van der Waals surface area contributed by atoms with Crippen LogP contribution in [0.15, 0.2) is 24.3 Å². The van der Waals surface area contributed by atoms with Gasteiger partial charge in [0, 0.05) is 18.7 Å². The predicted octanol–water partition coefficient (Wildman–Crippen LogP) is 0.447. The number of imide groups is 2. The van der Waals surface area contributed by atoms with Crippen molar-refractivity contribution in [2.75, 3.05) is 38.1 Å². The standard InChI is InChI=1S/C22H30N4O3/c1-15(2)7-6-10-26-20(28)22(19(27)23-21(26)29)13-16-8-4-5-9-17(16)25-12-11-24(3)14-18(22)25/h4-5,8-9,15,18H,6-7,10-14H2,1-3H3,(H,23,27,29)/p+1/t18-,22+/m1/s1. The average Bonchev–Trinajstić information content (AvgIpc) is 2.68. The number of para-hydroxylation sites is 1. The normalized spacial score (nSPS) is 29.2. The number of likely N-dealkylation sites (N-methyl/N-ethyl adjacent to an activating group) is 1. The number of carbonyl (C=O) groups is 3. The summed E-state index contributed by atoms with van der Waals surface area (Å²) in [7, 11) is 2.10. The largest absolute Gasteiger partial charge is 0.355 e. The number of anilines is 1. The van der Waals surface area contributed by atoms with Gasteiger partial charge in [-0.1, -0.05) is 32.0 Å². The van der Waals surface area contributed by atoms with Crippen LogP contribution < -0.4 is 15.1 Å². The Morgan fingerprint density at radius 3 is 2.76 bits per heavy atom. The maximum Gasteiger partial charge on any atom is 0.330 e. The van der Waals surface area contributed by atoms with Gasteiger partial charge in [-0.3, -0.25) is 19.8 Å². The summed E-state index contributed by atoms with van der Waals surface area (Å²) in [4.78, 5) is 44.4. The van der Waals surface area contributed by atoms with E-state index >= 15 is 0 Å². The van der Waals surface area contributed by atoms with Crippen LogP contribution in [0.3, 0.4) is 0 Å². The van der Waals surface area contributed by atoms with Crippen LogP contribution in [0.25, 0.3) is 0 Å². The maximum atomic E-state index is 13.8. The zero-order chi connectivity index (χ0) is 20.8. The summed E-state index contributed by atoms with van der Waals surface area (Å²) in [6.07, 6.45) is 2.02. The van der Waals surface area contributed by atoms with E-state index in [0.29, 0.717) is 25.4 Å². The first-order valence-corrected chi connectivity index (χ1v) is 10.7. The number of fused-ring (bicyclic) bond motifs is 4. The van der Waals surface area contributed by atoms with Crippen LogP contribution in [0.2, 0.25) is 0 Å². The van der Waals surface area contributed by atoms with E-state index in [4.69, 9.17) is 0 Å². The fourth-order valence-electron chi connectivity index (χ4n) is 5.11. The summed E-state index contributed by atoms with van der Waals surface area (Å²) in [6, 6.07) is 7.20. The van der Waals surface area contributed by atoms with E-state index in [-0.39, 0.29) is 11.9 Å². The van der Waals surface area contributed by atoms with Crippen molar-refractivity contribution in [3.8, 4) is 0 Å². The van der Waals surface area contributed by atoms with Crippen LogP contribution in [-0.4, -0.2) is 62.0 Å². The highest BCUT2D eigenvalue weighted by atomic mass is 16.2. The van der Waals surface area contributed by atoms with Crippen LogP contribution in [0.1, 0.15) is 32.3 Å². The van der Waals surface area contributed by atoms with Crippen molar-refractivity contribution in [1.82, 2.24) is 10.2 Å². The van der Waals surface area contributed by atoms with Crippen molar-refractivity contribution >= 4 is 23.5 Å². The Morgan fingerprint density at radius 2 is 2.00 bits per heavy atom. The number of carbonyl (C=O) groups excluding carboxylic acids is 3. The molecule has 3 heterocycles. The van der Waals surface area contributed by atoms with Gasteiger partial charge in [0.1, 0.15) is 6.04 Å². The van der Waals surface area contributed by atoms with E-state index in [9.17, 15) is 14.4 Å². The molecule has 0 aliphatic carbocycles. The predicted molar refractivity (Wildman–Crippen MR) is 110 cm³/mol. The average molecular weight is 400 g/mol. The lowest BCUT2D eigenvalue weighted by Gasteiger charge is -2.53. The summed E-state index contributed by atoms with van der Waals surface area (Å²) < 4.78 is 0. The molecule has 0 saturated carbocycles. The molecule has 1 unspecified atom stereocenters. The molecule has 29 heavy (non-hydrogen) atoms. The monoisotopic (exact) mass is 399 g/mol. The van der Waals surface area contributed by atoms with E-state index in [0.717, 1.165) is 37.2 Å². The van der Waals surface area contributed by atoms with E-state index < -0.39 is 17.4 Å². The van der Waals surface area contributed by atoms with Crippen molar-refractivity contribution < 1.29 is 19.3 Å². The van der Waals surface area contributed by atoms with Gasteiger partial charge in [-0.2, -0.15) is 0 Å². The van der Waals surface area contributed by atoms with Crippen LogP contribution in [-0.2, 0) is 16.0 Å². The topological polar surface area (TPSA) is 74.2 Å². The summed E-state index contributed by atoms with van der Waals surface area (Å²) in [5, 5.41) is 2.53. The van der Waals surface area contributed by atoms with E-state index in [1.54, 1.807) is 0 Å². The lowest BCUT2D eigenvalue weighted by atomic mass is 9.67. The molecule has 1 spiro atoms. The number of hydrogen-bond donors (Lipinski definition) is 2. The van der Waals surface area contributed by atoms with Crippen molar-refractivity contribution in [3.05, 3.63) is 29.8 Å². The number of nitrogens with one attached hydrogen (secondary N) is 2. The molecule has 156 valence electrons. The molecule has 1 aromatic carbocycles. The van der Waals surface area contributed by atoms with Crippen LogP contribution in [0.4, 0.5) is 10.5 Å². The van der Waals surface area contributed by atoms with Crippen molar-refractivity contribution in [2.24, 2.45) is 11.3 Å². The molecule has 3 aliphatic heterocycles. The summed E-state index contributed by atoms with van der Waals surface area (Å²) in [5.74, 6) is -0.262. The molecule has 2 saturated heterocycles. The molecule has 7 heteroatoms. The fourth-order valence-corrected chi connectivity index (χ4v) is 5.11. The van der Waals surface area contributed by atoms with Crippen molar-refractivity contribution in [2.45, 2.75) is 39.2 Å². The third-order valence-corrected chi connectivity index (χ3v) is 6.70. The number of hydrogen-bond acceptors (Lipinski definition) is 4. The van der Waals surface area contributed by atoms with Gasteiger partial charge in [-0.25, -0.2) is 4.79 Å². The quantitative estimate of drug-likeness (QED) is 0.721. The van der Waals surface area contributed by atoms with Gasteiger partial charge in [0.2, 0.25) is 11.8 Å². The lowest BCUT2D eigenvalue weighted by molar-refractivity contribution is -0.883. The van der Waals surface area contributed by atoms with Crippen LogP contribution >= 0.6 is 0 Å². The number of rotatable bonds is 4. The molecule has 0 bridgehead atoms. The second kappa shape index (κ2) is 7.44. The van der Waals surface area contributed by atoms with Crippen molar-refractivity contribution in [1.29, 1.82) is 0 Å². The summed E-state index contributed by atoms with van der Waals surface area (Å²) in [5.41, 5.74) is 0.865. The van der Waals surface area contributed by atoms with Gasteiger partial charge < -0.3 is 9.80 Å². The summed E-state index contributed by atoms with van der Waals surface area (Å²) in [6.45, 7) is 7.04. The fraction of sp³-hybridized carbons (Fsp3) is 0.591. The highest BCUT2D eigenvalue weighted by Crippen LogP contribution is 2.44. The Kier molecular flexibility index (Phi) is 5.11. The third-order valence-electron chi connectivity index (χ3n) is 6.70. The van der Waals surface area contributed by atoms with Gasteiger partial charge in [0.05, 0.1) is 26.7 Å².